The Morgan fingerprint density at radius 2 is 1.70 bits per heavy atom. The maximum absolute atomic E-state index is 12.5. The van der Waals surface area contributed by atoms with E-state index in [-0.39, 0.29) is 37.9 Å². The van der Waals surface area contributed by atoms with E-state index in [0.717, 1.165) is 6.26 Å². The van der Waals surface area contributed by atoms with Gasteiger partial charge in [-0.15, -0.1) is 0 Å². The summed E-state index contributed by atoms with van der Waals surface area (Å²) in [6.07, 6.45) is -0.00249. The lowest BCUT2D eigenvalue weighted by Crippen LogP contribution is -2.42. The average Bonchev–Trinajstić information content (AvgIpc) is 3.36. The fourth-order valence-corrected chi connectivity index (χ4v) is 4.99. The zero-order chi connectivity index (χ0) is 31.0. The Labute approximate surface area is 249 Å². The molecule has 3 aromatic carbocycles. The van der Waals surface area contributed by atoms with Gasteiger partial charge in [0.25, 0.3) is 5.91 Å². The fourth-order valence-electron chi connectivity index (χ4n) is 4.30. The van der Waals surface area contributed by atoms with Gasteiger partial charge in [0.2, 0.25) is 10.0 Å². The molecule has 1 saturated heterocycles. The number of amidine groups is 1. The van der Waals surface area contributed by atoms with Gasteiger partial charge in [0, 0.05) is 16.8 Å². The van der Waals surface area contributed by atoms with Gasteiger partial charge in [-0.3, -0.25) is 19.9 Å². The Morgan fingerprint density at radius 3 is 2.33 bits per heavy atom. The van der Waals surface area contributed by atoms with E-state index in [1.807, 2.05) is 0 Å². The molecular formula is C30H32N4O8S. The van der Waals surface area contributed by atoms with Crippen LogP contribution in [0.25, 0.3) is 0 Å². The van der Waals surface area contributed by atoms with Crippen LogP contribution in [-0.4, -0.2) is 70.4 Å². The number of amides is 2. The summed E-state index contributed by atoms with van der Waals surface area (Å²) >= 11 is 0. The minimum absolute atomic E-state index is 0.0650. The molecule has 0 radical (unpaired) electrons. The standard InChI is InChI=1S/C30H32N4O8S/c1-3-40-29(36)26(33-43(2,38)39)17-20-9-15-24(16-10-20)41-19-25-18-34(30(37)42-25)23-13-11-21(12-14-23)27(31)32-28(35)22-7-5-4-6-8-22/h4-16,25-26,33H,3,17-19H2,1-2H3,(H2,31,32,35). The molecule has 3 N–H and O–H groups in total. The van der Waals surface area contributed by atoms with E-state index in [4.69, 9.17) is 19.6 Å². The third-order valence-electron chi connectivity index (χ3n) is 6.34. The van der Waals surface area contributed by atoms with Crippen molar-refractivity contribution in [1.82, 2.24) is 10.0 Å². The third kappa shape index (κ3) is 8.87. The van der Waals surface area contributed by atoms with Gasteiger partial charge in [0.1, 0.15) is 24.2 Å². The van der Waals surface area contributed by atoms with E-state index in [1.165, 1.54) is 4.90 Å². The largest absolute Gasteiger partial charge is 0.490 e. The van der Waals surface area contributed by atoms with Gasteiger partial charge in [0.15, 0.2) is 6.10 Å². The van der Waals surface area contributed by atoms with Crippen LogP contribution in [0, 0.1) is 5.41 Å². The van der Waals surface area contributed by atoms with Crippen molar-refractivity contribution >= 4 is 39.5 Å². The Morgan fingerprint density at radius 1 is 1.02 bits per heavy atom. The van der Waals surface area contributed by atoms with Crippen molar-refractivity contribution in [2.75, 3.05) is 30.9 Å². The molecule has 1 aliphatic rings. The van der Waals surface area contributed by atoms with Crippen LogP contribution in [0.4, 0.5) is 10.5 Å². The fraction of sp³-hybridized carbons (Fsp3) is 0.267. The average molecular weight is 609 g/mol. The second-order valence-electron chi connectivity index (χ2n) is 9.71. The molecule has 226 valence electrons. The number of sulfonamides is 1. The molecule has 2 atom stereocenters. The number of nitrogens with zero attached hydrogens (tertiary/aromatic N) is 1. The molecule has 2 unspecified atom stereocenters. The lowest BCUT2D eigenvalue weighted by molar-refractivity contribution is -0.145. The summed E-state index contributed by atoms with van der Waals surface area (Å²) in [6.45, 7) is 2.11. The minimum Gasteiger partial charge on any atom is -0.490 e. The molecule has 4 rings (SSSR count). The number of esters is 1. The van der Waals surface area contributed by atoms with Crippen molar-refractivity contribution in [1.29, 1.82) is 5.41 Å². The zero-order valence-electron chi connectivity index (χ0n) is 23.6. The summed E-state index contributed by atoms with van der Waals surface area (Å²) < 4.78 is 41.8. The molecule has 1 heterocycles. The normalized spacial score (nSPS) is 15.3. The Bertz CT molecular complexity index is 1560. The van der Waals surface area contributed by atoms with Crippen LogP contribution in [0.5, 0.6) is 5.75 Å². The molecule has 0 aliphatic carbocycles. The van der Waals surface area contributed by atoms with Crippen molar-refractivity contribution in [3.63, 3.8) is 0 Å². The highest BCUT2D eigenvalue weighted by molar-refractivity contribution is 7.88. The van der Waals surface area contributed by atoms with Crippen LogP contribution in [0.3, 0.4) is 0 Å². The maximum Gasteiger partial charge on any atom is 0.414 e. The van der Waals surface area contributed by atoms with E-state index in [2.05, 4.69) is 10.0 Å². The highest BCUT2D eigenvalue weighted by atomic mass is 32.2. The predicted octanol–water partition coefficient (Wildman–Crippen LogP) is 2.87. The minimum atomic E-state index is -3.63. The van der Waals surface area contributed by atoms with E-state index < -0.39 is 34.2 Å². The number of hydrogen-bond donors (Lipinski definition) is 3. The zero-order valence-corrected chi connectivity index (χ0v) is 24.4. The number of ether oxygens (including phenoxy) is 3. The number of hydrogen-bond acceptors (Lipinski definition) is 9. The number of anilines is 1. The Hall–Kier alpha value is -4.75. The maximum atomic E-state index is 12.5. The quantitative estimate of drug-likeness (QED) is 0.161. The van der Waals surface area contributed by atoms with Crippen molar-refractivity contribution in [3.8, 4) is 5.75 Å². The number of carbonyl (C=O) groups excluding carboxylic acids is 3. The molecule has 13 heteroatoms. The van der Waals surface area contributed by atoms with E-state index >= 15 is 0 Å². The molecule has 0 bridgehead atoms. The van der Waals surface area contributed by atoms with Crippen molar-refractivity contribution in [3.05, 3.63) is 95.6 Å². The number of benzene rings is 3. The van der Waals surface area contributed by atoms with Crippen molar-refractivity contribution < 1.29 is 37.0 Å². The SMILES string of the molecule is CCOC(=O)C(Cc1ccc(OCC2CN(c3ccc(C(=N)NC(=O)c4ccccc4)cc3)C(=O)O2)cc1)NS(C)(=O)=O. The smallest absolute Gasteiger partial charge is 0.414 e. The molecule has 12 nitrogen and oxygen atoms in total. The number of rotatable bonds is 12. The van der Waals surface area contributed by atoms with Crippen LogP contribution in [0.2, 0.25) is 0 Å². The van der Waals surface area contributed by atoms with Crippen LogP contribution in [-0.2, 0) is 30.7 Å². The van der Waals surface area contributed by atoms with Crippen molar-refractivity contribution in [2.24, 2.45) is 0 Å². The van der Waals surface area contributed by atoms with Gasteiger partial charge in [-0.1, -0.05) is 30.3 Å². The highest BCUT2D eigenvalue weighted by Gasteiger charge is 2.33. The highest BCUT2D eigenvalue weighted by Crippen LogP contribution is 2.23. The van der Waals surface area contributed by atoms with Gasteiger partial charge >= 0.3 is 12.1 Å². The van der Waals surface area contributed by atoms with Crippen LogP contribution >= 0.6 is 0 Å². The first-order valence-electron chi connectivity index (χ1n) is 13.4. The summed E-state index contributed by atoms with van der Waals surface area (Å²) in [5.74, 6) is -0.615. The van der Waals surface area contributed by atoms with Crippen LogP contribution in [0.1, 0.15) is 28.4 Å². The summed E-state index contributed by atoms with van der Waals surface area (Å²) in [6, 6.07) is 20.9. The summed E-state index contributed by atoms with van der Waals surface area (Å²) in [7, 11) is -3.63. The second kappa shape index (κ2) is 13.9. The molecule has 1 aliphatic heterocycles. The number of cyclic esters (lactones) is 1. The summed E-state index contributed by atoms with van der Waals surface area (Å²) in [5.41, 5.74) is 2.18. The lowest BCUT2D eigenvalue weighted by Gasteiger charge is -2.16. The molecular weight excluding hydrogens is 576 g/mol. The predicted molar refractivity (Wildman–Crippen MR) is 159 cm³/mol. The molecule has 2 amide bonds. The molecule has 0 aromatic heterocycles. The first kappa shape index (κ1) is 31.2. The van der Waals surface area contributed by atoms with E-state index in [9.17, 15) is 22.8 Å². The van der Waals surface area contributed by atoms with Crippen LogP contribution < -0.4 is 19.7 Å². The molecule has 0 spiro atoms. The lowest BCUT2D eigenvalue weighted by atomic mass is 10.1. The number of nitrogens with one attached hydrogen (secondary N) is 3. The van der Waals surface area contributed by atoms with E-state index in [0.29, 0.717) is 28.1 Å². The summed E-state index contributed by atoms with van der Waals surface area (Å²) in [5, 5.41) is 10.8. The van der Waals surface area contributed by atoms with Gasteiger partial charge in [0.05, 0.1) is 19.4 Å². The number of carbonyl (C=O) groups is 3. The van der Waals surface area contributed by atoms with Gasteiger partial charge in [-0.2, -0.15) is 0 Å². The third-order valence-corrected chi connectivity index (χ3v) is 7.06. The molecule has 3 aromatic rings. The monoisotopic (exact) mass is 608 g/mol. The molecule has 43 heavy (non-hydrogen) atoms. The van der Waals surface area contributed by atoms with Gasteiger partial charge in [-0.25, -0.2) is 17.9 Å². The summed E-state index contributed by atoms with van der Waals surface area (Å²) in [4.78, 5) is 38.5. The second-order valence-corrected chi connectivity index (χ2v) is 11.5. The first-order valence-corrected chi connectivity index (χ1v) is 15.3. The first-order chi connectivity index (χ1) is 20.5. The Balaban J connectivity index is 1.29. The van der Waals surface area contributed by atoms with Crippen molar-refractivity contribution in [2.45, 2.75) is 25.5 Å². The van der Waals surface area contributed by atoms with Gasteiger partial charge < -0.3 is 19.5 Å². The topological polar surface area (TPSA) is 164 Å². The van der Waals surface area contributed by atoms with E-state index in [1.54, 1.807) is 85.8 Å². The molecule has 0 saturated carbocycles. The van der Waals surface area contributed by atoms with Gasteiger partial charge in [-0.05, 0) is 67.4 Å². The molecule has 1 fully saturated rings. The van der Waals surface area contributed by atoms with Crippen LogP contribution in [0.15, 0.2) is 78.9 Å². The Kier molecular flexibility index (Phi) is 10.1.